The second-order valence-corrected chi connectivity index (χ2v) is 4.41. The quantitative estimate of drug-likeness (QED) is 0.531. The Bertz CT molecular complexity index is 138. The van der Waals surface area contributed by atoms with Crippen LogP contribution in [0.4, 0.5) is 0 Å². The zero-order chi connectivity index (χ0) is 8.70. The number of morpholine rings is 1. The Morgan fingerprint density at radius 1 is 1.09 bits per heavy atom. The van der Waals surface area contributed by atoms with E-state index in [1.54, 1.807) is 0 Å². The fourth-order valence-corrected chi connectivity index (χ4v) is 1.49. The molecule has 3 nitrogen and oxygen atoms in total. The molecule has 0 aromatic carbocycles. The summed E-state index contributed by atoms with van der Waals surface area (Å²) < 4.78 is 5.33. The van der Waals surface area contributed by atoms with E-state index in [-0.39, 0.29) is 11.1 Å². The molecule has 0 aromatic rings. The molecule has 0 spiro atoms. The monoisotopic (exact) mass is 158 g/mol. The normalized spacial score (nSPS) is 30.3. The molecular weight excluding hydrogens is 142 g/mol. The van der Waals surface area contributed by atoms with Gasteiger partial charge in [-0.25, -0.2) is 0 Å². The third-order valence-electron chi connectivity index (χ3n) is 2.01. The van der Waals surface area contributed by atoms with Crippen LogP contribution >= 0.6 is 0 Å². The molecule has 0 N–H and O–H groups in total. The summed E-state index contributed by atoms with van der Waals surface area (Å²) in [4.78, 5) is 0. The first-order valence-corrected chi connectivity index (χ1v) is 3.91. The van der Waals surface area contributed by atoms with Gasteiger partial charge < -0.3 is 4.74 Å². The molecule has 1 aliphatic heterocycles. The van der Waals surface area contributed by atoms with Crippen molar-refractivity contribution in [2.24, 2.45) is 0 Å². The van der Waals surface area contributed by atoms with E-state index in [1.165, 1.54) is 0 Å². The Labute approximate surface area is 67.9 Å². The molecule has 1 rings (SSSR count). The third kappa shape index (κ3) is 1.55. The topological polar surface area (TPSA) is 32.4 Å². The standard InChI is InChI=1S/C8H16NO2/c1-7(2)5-11-6-8(3,4)9(7)10/h5-6H2,1-4H3. The van der Waals surface area contributed by atoms with Crippen molar-refractivity contribution in [3.05, 3.63) is 0 Å². The van der Waals surface area contributed by atoms with E-state index >= 15 is 0 Å². The largest absolute Gasteiger partial charge is 0.377 e. The first kappa shape index (κ1) is 8.97. The highest BCUT2D eigenvalue weighted by atomic mass is 16.5. The SMILES string of the molecule is CC1(C)COCC(C)(C)N1[O]. The second kappa shape index (κ2) is 2.44. The summed E-state index contributed by atoms with van der Waals surface area (Å²) in [5.74, 6) is 0. The summed E-state index contributed by atoms with van der Waals surface area (Å²) >= 11 is 0. The first-order valence-electron chi connectivity index (χ1n) is 3.91. The van der Waals surface area contributed by atoms with Crippen LogP contribution in [0, 0.1) is 0 Å². The molecule has 0 amide bonds. The highest BCUT2D eigenvalue weighted by molar-refractivity contribution is 4.90. The Morgan fingerprint density at radius 3 is 1.73 bits per heavy atom. The van der Waals surface area contributed by atoms with E-state index in [0.717, 1.165) is 5.06 Å². The van der Waals surface area contributed by atoms with Crippen LogP contribution in [-0.4, -0.2) is 29.4 Å². The zero-order valence-corrected chi connectivity index (χ0v) is 7.68. The van der Waals surface area contributed by atoms with Crippen molar-refractivity contribution in [1.29, 1.82) is 0 Å². The summed E-state index contributed by atoms with van der Waals surface area (Å²) in [6.45, 7) is 8.67. The van der Waals surface area contributed by atoms with Crippen LogP contribution in [0.2, 0.25) is 0 Å². The maximum Gasteiger partial charge on any atom is 0.0677 e. The van der Waals surface area contributed by atoms with Crippen LogP contribution in [0.1, 0.15) is 27.7 Å². The van der Waals surface area contributed by atoms with Gasteiger partial charge in [0.15, 0.2) is 0 Å². The van der Waals surface area contributed by atoms with Gasteiger partial charge in [-0.15, -0.1) is 10.3 Å². The number of hydrogen-bond acceptors (Lipinski definition) is 2. The number of hydroxylamine groups is 2. The zero-order valence-electron chi connectivity index (χ0n) is 7.68. The average molecular weight is 158 g/mol. The molecule has 0 aromatic heterocycles. The van der Waals surface area contributed by atoms with Crippen LogP contribution in [0.25, 0.3) is 0 Å². The molecule has 0 aliphatic carbocycles. The molecule has 0 saturated carbocycles. The van der Waals surface area contributed by atoms with E-state index in [1.807, 2.05) is 27.7 Å². The van der Waals surface area contributed by atoms with Gasteiger partial charge >= 0.3 is 0 Å². The number of hydrogen-bond donors (Lipinski definition) is 0. The molecule has 65 valence electrons. The van der Waals surface area contributed by atoms with Crippen molar-refractivity contribution < 1.29 is 9.94 Å². The minimum Gasteiger partial charge on any atom is -0.377 e. The first-order chi connectivity index (χ1) is 4.86. The molecule has 1 heterocycles. The summed E-state index contributed by atoms with van der Waals surface area (Å²) in [7, 11) is 0. The maximum absolute atomic E-state index is 11.6. The Hall–Kier alpha value is -0.120. The lowest BCUT2D eigenvalue weighted by atomic mass is 9.95. The fourth-order valence-electron chi connectivity index (χ4n) is 1.49. The minimum atomic E-state index is -0.373. The maximum atomic E-state index is 11.6. The van der Waals surface area contributed by atoms with E-state index in [0.29, 0.717) is 13.2 Å². The van der Waals surface area contributed by atoms with Crippen LogP contribution in [0.5, 0.6) is 0 Å². The van der Waals surface area contributed by atoms with Gasteiger partial charge in [0.05, 0.1) is 24.3 Å². The summed E-state index contributed by atoms with van der Waals surface area (Å²) in [5, 5.41) is 12.7. The van der Waals surface area contributed by atoms with Crippen molar-refractivity contribution in [1.82, 2.24) is 5.06 Å². The molecule has 1 saturated heterocycles. The fraction of sp³-hybridized carbons (Fsp3) is 1.00. The number of rotatable bonds is 0. The van der Waals surface area contributed by atoms with Crippen LogP contribution < -0.4 is 0 Å². The van der Waals surface area contributed by atoms with Gasteiger partial charge in [0.1, 0.15) is 0 Å². The summed E-state index contributed by atoms with van der Waals surface area (Å²) in [6.07, 6.45) is 0. The van der Waals surface area contributed by atoms with Gasteiger partial charge in [-0.05, 0) is 27.7 Å². The molecule has 0 atom stereocenters. The Kier molecular flexibility index (Phi) is 1.99. The molecule has 1 aliphatic rings. The van der Waals surface area contributed by atoms with Gasteiger partial charge in [-0.1, -0.05) is 0 Å². The molecule has 11 heavy (non-hydrogen) atoms. The Morgan fingerprint density at radius 2 is 1.45 bits per heavy atom. The van der Waals surface area contributed by atoms with Gasteiger partial charge in [0.2, 0.25) is 0 Å². The minimum absolute atomic E-state index is 0.373. The lowest BCUT2D eigenvalue weighted by Crippen LogP contribution is -2.61. The molecule has 1 fully saturated rings. The molecule has 0 unspecified atom stereocenters. The third-order valence-corrected chi connectivity index (χ3v) is 2.01. The average Bonchev–Trinajstić information content (AvgIpc) is 1.82. The second-order valence-electron chi connectivity index (χ2n) is 4.41. The van der Waals surface area contributed by atoms with E-state index in [4.69, 9.17) is 4.74 Å². The lowest BCUT2D eigenvalue weighted by Gasteiger charge is -2.46. The molecular formula is C8H16NO2. The van der Waals surface area contributed by atoms with E-state index in [9.17, 15) is 5.21 Å². The highest BCUT2D eigenvalue weighted by Gasteiger charge is 2.42. The van der Waals surface area contributed by atoms with Gasteiger partial charge in [0.25, 0.3) is 0 Å². The van der Waals surface area contributed by atoms with Crippen LogP contribution in [-0.2, 0) is 9.94 Å². The smallest absolute Gasteiger partial charge is 0.0677 e. The molecule has 0 bridgehead atoms. The molecule has 1 radical (unpaired) electrons. The molecule has 3 heteroatoms. The van der Waals surface area contributed by atoms with Crippen LogP contribution in [0.15, 0.2) is 0 Å². The Balaban J connectivity index is 2.76. The summed E-state index contributed by atoms with van der Waals surface area (Å²) in [6, 6.07) is 0. The summed E-state index contributed by atoms with van der Waals surface area (Å²) in [5.41, 5.74) is -0.747. The number of nitrogens with zero attached hydrogens (tertiary/aromatic N) is 1. The van der Waals surface area contributed by atoms with Crippen LogP contribution in [0.3, 0.4) is 0 Å². The van der Waals surface area contributed by atoms with Gasteiger partial charge in [-0.2, -0.15) is 0 Å². The van der Waals surface area contributed by atoms with Crippen molar-refractivity contribution in [2.45, 2.75) is 38.8 Å². The number of ether oxygens (including phenoxy) is 1. The predicted octanol–water partition coefficient (Wildman–Crippen LogP) is 1.22. The van der Waals surface area contributed by atoms with Gasteiger partial charge in [0, 0.05) is 0 Å². The lowest BCUT2D eigenvalue weighted by molar-refractivity contribution is -0.315. The van der Waals surface area contributed by atoms with E-state index < -0.39 is 0 Å². The predicted molar refractivity (Wildman–Crippen MR) is 41.5 cm³/mol. The van der Waals surface area contributed by atoms with Gasteiger partial charge in [-0.3, -0.25) is 0 Å². The van der Waals surface area contributed by atoms with Crippen molar-refractivity contribution in [3.63, 3.8) is 0 Å². The van der Waals surface area contributed by atoms with Crippen molar-refractivity contribution in [2.75, 3.05) is 13.2 Å². The van der Waals surface area contributed by atoms with E-state index in [2.05, 4.69) is 0 Å². The van der Waals surface area contributed by atoms with Crippen molar-refractivity contribution in [3.8, 4) is 0 Å². The highest BCUT2D eigenvalue weighted by Crippen LogP contribution is 2.28. The van der Waals surface area contributed by atoms with Crippen molar-refractivity contribution >= 4 is 0 Å².